The highest BCUT2D eigenvalue weighted by Crippen LogP contribution is 2.26. The Morgan fingerprint density at radius 2 is 1.86 bits per heavy atom. The first-order valence-electron chi connectivity index (χ1n) is 6.82. The zero-order valence-corrected chi connectivity index (χ0v) is 11.9. The molecule has 1 atom stereocenters. The predicted octanol–water partition coefficient (Wildman–Crippen LogP) is 4.50. The smallest absolute Gasteiger partial charge is 0.196 e. The molecular weight excluding hydrogens is 278 g/mol. The van der Waals surface area contributed by atoms with Crippen molar-refractivity contribution in [3.05, 3.63) is 92.2 Å². The Kier molecular flexibility index (Phi) is 3.64. The van der Waals surface area contributed by atoms with E-state index in [-0.39, 0.29) is 5.43 Å². The highest BCUT2D eigenvalue weighted by atomic mass is 16.3. The van der Waals surface area contributed by atoms with Gasteiger partial charge in [0.05, 0.1) is 17.7 Å². The standard InChI is InChI=1S/C17H13N3O2/c1-11-6-8-12(9-7-11)16(19-20-18)14-10-22-15-5-3-2-4-13(15)17(14)21/h2-10,16H,1H3/t16-/m1/s1. The first kappa shape index (κ1) is 13.9. The molecule has 0 aliphatic carbocycles. The van der Waals surface area contributed by atoms with Gasteiger partial charge in [-0.15, -0.1) is 0 Å². The van der Waals surface area contributed by atoms with Crippen molar-refractivity contribution >= 4 is 11.0 Å². The van der Waals surface area contributed by atoms with Gasteiger partial charge in [0.2, 0.25) is 0 Å². The number of hydrogen-bond donors (Lipinski definition) is 0. The van der Waals surface area contributed by atoms with Gasteiger partial charge in [0.25, 0.3) is 0 Å². The molecule has 5 heteroatoms. The maximum absolute atomic E-state index is 12.6. The highest BCUT2D eigenvalue weighted by molar-refractivity contribution is 5.76. The van der Waals surface area contributed by atoms with E-state index >= 15 is 0 Å². The molecule has 3 aromatic rings. The fourth-order valence-electron chi connectivity index (χ4n) is 2.39. The number of aryl methyl sites for hydroxylation is 1. The molecule has 0 saturated carbocycles. The second kappa shape index (κ2) is 5.76. The van der Waals surface area contributed by atoms with Crippen molar-refractivity contribution in [3.63, 3.8) is 0 Å². The van der Waals surface area contributed by atoms with Crippen LogP contribution in [0, 0.1) is 6.92 Å². The molecule has 0 radical (unpaired) electrons. The third-order valence-electron chi connectivity index (χ3n) is 3.56. The molecule has 0 unspecified atom stereocenters. The maximum Gasteiger partial charge on any atom is 0.196 e. The number of benzene rings is 2. The number of rotatable bonds is 3. The Morgan fingerprint density at radius 1 is 1.14 bits per heavy atom. The lowest BCUT2D eigenvalue weighted by Gasteiger charge is -2.11. The van der Waals surface area contributed by atoms with Gasteiger partial charge in [-0.2, -0.15) is 0 Å². The highest BCUT2D eigenvalue weighted by Gasteiger charge is 2.18. The Hall–Kier alpha value is -3.04. The third-order valence-corrected chi connectivity index (χ3v) is 3.56. The molecule has 1 aromatic heterocycles. The van der Waals surface area contributed by atoms with Crippen molar-refractivity contribution in [3.8, 4) is 0 Å². The van der Waals surface area contributed by atoms with Crippen LogP contribution in [0.1, 0.15) is 22.7 Å². The summed E-state index contributed by atoms with van der Waals surface area (Å²) in [6.45, 7) is 1.97. The minimum Gasteiger partial charge on any atom is -0.464 e. The second-order valence-corrected chi connectivity index (χ2v) is 5.03. The lowest BCUT2D eigenvalue weighted by Crippen LogP contribution is -2.13. The quantitative estimate of drug-likeness (QED) is 0.404. The first-order valence-corrected chi connectivity index (χ1v) is 6.82. The zero-order chi connectivity index (χ0) is 15.5. The summed E-state index contributed by atoms with van der Waals surface area (Å²) in [4.78, 5) is 15.5. The fourth-order valence-corrected chi connectivity index (χ4v) is 2.39. The maximum atomic E-state index is 12.6. The molecular formula is C17H13N3O2. The molecule has 108 valence electrons. The molecule has 0 spiro atoms. The first-order chi connectivity index (χ1) is 10.7. The molecule has 0 saturated heterocycles. The van der Waals surface area contributed by atoms with E-state index in [2.05, 4.69) is 10.0 Å². The average Bonchev–Trinajstić information content (AvgIpc) is 2.55. The Bertz CT molecular complexity index is 923. The van der Waals surface area contributed by atoms with E-state index in [1.807, 2.05) is 31.2 Å². The molecule has 0 aliphatic heterocycles. The van der Waals surface area contributed by atoms with Crippen molar-refractivity contribution in [2.45, 2.75) is 13.0 Å². The summed E-state index contributed by atoms with van der Waals surface area (Å²) in [5.74, 6) is 0. The third kappa shape index (κ3) is 2.45. The van der Waals surface area contributed by atoms with Crippen molar-refractivity contribution < 1.29 is 4.42 Å². The van der Waals surface area contributed by atoms with Crippen LogP contribution >= 0.6 is 0 Å². The van der Waals surface area contributed by atoms with E-state index in [9.17, 15) is 4.79 Å². The molecule has 22 heavy (non-hydrogen) atoms. The van der Waals surface area contributed by atoms with E-state index < -0.39 is 6.04 Å². The van der Waals surface area contributed by atoms with Gasteiger partial charge in [0.1, 0.15) is 5.58 Å². The number of nitrogens with zero attached hydrogens (tertiary/aromatic N) is 3. The SMILES string of the molecule is Cc1ccc([C@@H](N=[N+]=[N-])c2coc3ccccc3c2=O)cc1. The molecule has 2 aromatic carbocycles. The van der Waals surface area contributed by atoms with Gasteiger partial charge in [-0.3, -0.25) is 4.79 Å². The normalized spacial score (nSPS) is 11.9. The van der Waals surface area contributed by atoms with Crippen LogP contribution in [0.25, 0.3) is 21.4 Å². The molecule has 0 N–H and O–H groups in total. The van der Waals surface area contributed by atoms with Gasteiger partial charge in [-0.05, 0) is 30.2 Å². The van der Waals surface area contributed by atoms with Gasteiger partial charge >= 0.3 is 0 Å². The van der Waals surface area contributed by atoms with Crippen LogP contribution in [-0.2, 0) is 0 Å². The van der Waals surface area contributed by atoms with Gasteiger partial charge < -0.3 is 4.42 Å². The van der Waals surface area contributed by atoms with E-state index in [1.54, 1.807) is 24.3 Å². The summed E-state index contributed by atoms with van der Waals surface area (Å²) >= 11 is 0. The fraction of sp³-hybridized carbons (Fsp3) is 0.118. The summed E-state index contributed by atoms with van der Waals surface area (Å²) < 4.78 is 5.51. The summed E-state index contributed by atoms with van der Waals surface area (Å²) in [5.41, 5.74) is 11.4. The topological polar surface area (TPSA) is 79.0 Å². The zero-order valence-electron chi connectivity index (χ0n) is 11.9. The van der Waals surface area contributed by atoms with Crippen LogP contribution < -0.4 is 5.43 Å². The van der Waals surface area contributed by atoms with Crippen LogP contribution in [0.2, 0.25) is 0 Å². The average molecular weight is 291 g/mol. The predicted molar refractivity (Wildman–Crippen MR) is 84.7 cm³/mol. The summed E-state index contributed by atoms with van der Waals surface area (Å²) in [7, 11) is 0. The molecule has 0 amide bonds. The van der Waals surface area contributed by atoms with Crippen molar-refractivity contribution in [2.75, 3.05) is 0 Å². The number of azide groups is 1. The second-order valence-electron chi connectivity index (χ2n) is 5.03. The van der Waals surface area contributed by atoms with Crippen LogP contribution in [-0.4, -0.2) is 0 Å². The molecule has 3 rings (SSSR count). The van der Waals surface area contributed by atoms with Gasteiger partial charge in [0.15, 0.2) is 5.43 Å². The number of para-hydroxylation sites is 1. The molecule has 1 heterocycles. The lowest BCUT2D eigenvalue weighted by molar-refractivity contribution is 0.586. The monoisotopic (exact) mass is 291 g/mol. The summed E-state index contributed by atoms with van der Waals surface area (Å²) in [5, 5.41) is 4.26. The van der Waals surface area contributed by atoms with Crippen molar-refractivity contribution in [1.29, 1.82) is 0 Å². The largest absolute Gasteiger partial charge is 0.464 e. The minimum atomic E-state index is -0.702. The van der Waals surface area contributed by atoms with Crippen LogP contribution in [0.15, 0.2) is 69.1 Å². The lowest BCUT2D eigenvalue weighted by atomic mass is 9.99. The molecule has 0 bridgehead atoms. The van der Waals surface area contributed by atoms with Crippen molar-refractivity contribution in [1.82, 2.24) is 0 Å². The van der Waals surface area contributed by atoms with E-state index in [4.69, 9.17) is 9.95 Å². The number of fused-ring (bicyclic) bond motifs is 1. The number of hydrogen-bond acceptors (Lipinski definition) is 3. The summed E-state index contributed by atoms with van der Waals surface area (Å²) in [6, 6.07) is 13.8. The van der Waals surface area contributed by atoms with E-state index in [0.29, 0.717) is 16.5 Å². The summed E-state index contributed by atoms with van der Waals surface area (Å²) in [6.07, 6.45) is 1.38. The van der Waals surface area contributed by atoms with Gasteiger partial charge in [0, 0.05) is 10.5 Å². The van der Waals surface area contributed by atoms with E-state index in [0.717, 1.165) is 11.1 Å². The Morgan fingerprint density at radius 3 is 2.59 bits per heavy atom. The molecule has 0 fully saturated rings. The molecule has 5 nitrogen and oxygen atoms in total. The molecule has 0 aliphatic rings. The minimum absolute atomic E-state index is 0.181. The van der Waals surface area contributed by atoms with Gasteiger partial charge in [-0.1, -0.05) is 47.1 Å². The van der Waals surface area contributed by atoms with Crippen LogP contribution in [0.4, 0.5) is 0 Å². The van der Waals surface area contributed by atoms with Gasteiger partial charge in [-0.25, -0.2) is 0 Å². The van der Waals surface area contributed by atoms with Crippen LogP contribution in [0.5, 0.6) is 0 Å². The Labute approximate surface area is 126 Å². The van der Waals surface area contributed by atoms with E-state index in [1.165, 1.54) is 6.26 Å². The van der Waals surface area contributed by atoms with Crippen LogP contribution in [0.3, 0.4) is 0 Å². The van der Waals surface area contributed by atoms with Crippen molar-refractivity contribution in [2.24, 2.45) is 5.11 Å². The Balaban J connectivity index is 2.21.